The van der Waals surface area contributed by atoms with Crippen LogP contribution in [-0.2, 0) is 4.79 Å². The number of hydrogen-bond acceptors (Lipinski definition) is 3. The van der Waals surface area contributed by atoms with Gasteiger partial charge in [0.05, 0.1) is 4.88 Å². The highest BCUT2D eigenvalue weighted by molar-refractivity contribution is 7.10. The highest BCUT2D eigenvalue weighted by Gasteiger charge is 2.20. The molecule has 0 saturated heterocycles. The summed E-state index contributed by atoms with van der Waals surface area (Å²) in [5.74, 6) is -0.252. The van der Waals surface area contributed by atoms with Crippen molar-refractivity contribution in [3.63, 3.8) is 0 Å². The second-order valence-corrected chi connectivity index (χ2v) is 7.31. The minimum Gasteiger partial charge on any atom is -0.352 e. The molecule has 3 rings (SSSR count). The molecular formula is C22H24N3O2S+. The molecule has 0 spiro atoms. The van der Waals surface area contributed by atoms with Crippen LogP contribution < -0.4 is 16.0 Å². The first-order valence-electron chi connectivity index (χ1n) is 9.27. The summed E-state index contributed by atoms with van der Waals surface area (Å²) >= 11 is 1.68. The van der Waals surface area contributed by atoms with E-state index in [0.717, 1.165) is 5.56 Å². The number of carbonyl (C=O) groups is 2. The average molecular weight is 395 g/mol. The first kappa shape index (κ1) is 19.8. The zero-order chi connectivity index (χ0) is 19.8. The monoisotopic (exact) mass is 394 g/mol. The Kier molecular flexibility index (Phi) is 6.94. The zero-order valence-corrected chi connectivity index (χ0v) is 16.5. The Morgan fingerprint density at radius 3 is 2.57 bits per heavy atom. The van der Waals surface area contributed by atoms with Crippen molar-refractivity contribution in [1.82, 2.24) is 5.32 Å². The number of amides is 2. The summed E-state index contributed by atoms with van der Waals surface area (Å²) in [7, 11) is 0. The van der Waals surface area contributed by atoms with Crippen LogP contribution in [-0.4, -0.2) is 24.9 Å². The van der Waals surface area contributed by atoms with Crippen LogP contribution in [0.1, 0.15) is 33.8 Å². The van der Waals surface area contributed by atoms with Crippen LogP contribution in [0.3, 0.4) is 0 Å². The number of rotatable bonds is 8. The Morgan fingerprint density at radius 1 is 1.04 bits per heavy atom. The Hall–Kier alpha value is -2.96. The van der Waals surface area contributed by atoms with Crippen LogP contribution in [0.25, 0.3) is 0 Å². The molecule has 0 aliphatic rings. The number of hydrogen-bond donors (Lipinski definition) is 3. The van der Waals surface area contributed by atoms with Gasteiger partial charge in [0.15, 0.2) is 6.54 Å². The maximum atomic E-state index is 12.5. The molecule has 0 radical (unpaired) electrons. The Labute approximate surface area is 168 Å². The van der Waals surface area contributed by atoms with Crippen molar-refractivity contribution in [1.29, 1.82) is 0 Å². The van der Waals surface area contributed by atoms with E-state index in [-0.39, 0.29) is 24.4 Å². The lowest BCUT2D eigenvalue weighted by Crippen LogP contribution is -2.87. The van der Waals surface area contributed by atoms with Crippen molar-refractivity contribution in [2.45, 2.75) is 13.0 Å². The van der Waals surface area contributed by atoms with Crippen LogP contribution >= 0.6 is 11.3 Å². The van der Waals surface area contributed by atoms with Gasteiger partial charge in [-0.1, -0.05) is 42.5 Å². The van der Waals surface area contributed by atoms with E-state index in [4.69, 9.17) is 0 Å². The largest absolute Gasteiger partial charge is 0.352 e. The number of nitrogens with two attached hydrogens (primary N) is 1. The molecule has 144 valence electrons. The molecule has 28 heavy (non-hydrogen) atoms. The maximum absolute atomic E-state index is 12.5. The fourth-order valence-electron chi connectivity index (χ4n) is 2.98. The quantitative estimate of drug-likeness (QED) is 0.550. The van der Waals surface area contributed by atoms with E-state index in [9.17, 15) is 9.59 Å². The van der Waals surface area contributed by atoms with Crippen molar-refractivity contribution >= 4 is 28.8 Å². The lowest BCUT2D eigenvalue weighted by Gasteiger charge is -2.15. The number of nitrogens with one attached hydrogen (secondary N) is 2. The van der Waals surface area contributed by atoms with Gasteiger partial charge in [-0.05, 0) is 36.6 Å². The summed E-state index contributed by atoms with van der Waals surface area (Å²) in [6, 6.07) is 21.3. The third kappa shape index (κ3) is 5.28. The highest BCUT2D eigenvalue weighted by atomic mass is 32.1. The molecule has 6 heteroatoms. The van der Waals surface area contributed by atoms with Crippen molar-refractivity contribution < 1.29 is 14.9 Å². The Bertz CT molecular complexity index is 911. The number of thiophene rings is 1. The van der Waals surface area contributed by atoms with Gasteiger partial charge in [-0.15, -0.1) is 11.3 Å². The average Bonchev–Trinajstić information content (AvgIpc) is 3.24. The normalized spacial score (nSPS) is 11.6. The molecule has 0 aliphatic heterocycles. The topological polar surface area (TPSA) is 74.8 Å². The molecule has 2 aromatic carbocycles. The van der Waals surface area contributed by atoms with Crippen molar-refractivity contribution in [3.8, 4) is 0 Å². The smallest absolute Gasteiger partial charge is 0.279 e. The molecule has 0 fully saturated rings. The van der Waals surface area contributed by atoms with E-state index < -0.39 is 0 Å². The van der Waals surface area contributed by atoms with Gasteiger partial charge in [0.1, 0.15) is 6.04 Å². The van der Waals surface area contributed by atoms with Gasteiger partial charge in [-0.2, -0.15) is 0 Å². The molecule has 0 saturated carbocycles. The lowest BCUT2D eigenvalue weighted by molar-refractivity contribution is -0.675. The zero-order valence-electron chi connectivity index (χ0n) is 15.7. The maximum Gasteiger partial charge on any atom is 0.279 e. The van der Waals surface area contributed by atoms with Crippen LogP contribution in [0.2, 0.25) is 0 Å². The molecule has 4 N–H and O–H groups in total. The van der Waals surface area contributed by atoms with E-state index >= 15 is 0 Å². The molecule has 0 aliphatic carbocycles. The van der Waals surface area contributed by atoms with Crippen LogP contribution in [0.4, 0.5) is 5.69 Å². The van der Waals surface area contributed by atoms with Crippen LogP contribution in [0.15, 0.2) is 72.1 Å². The first-order valence-corrected chi connectivity index (χ1v) is 10.1. The van der Waals surface area contributed by atoms with E-state index in [2.05, 4.69) is 28.8 Å². The van der Waals surface area contributed by atoms with Crippen LogP contribution in [0, 0.1) is 0 Å². The van der Waals surface area contributed by atoms with Gasteiger partial charge in [0.2, 0.25) is 0 Å². The minimum absolute atomic E-state index is 0.0774. The van der Waals surface area contributed by atoms with Gasteiger partial charge in [-0.25, -0.2) is 0 Å². The molecule has 3 aromatic rings. The summed E-state index contributed by atoms with van der Waals surface area (Å²) in [6.07, 6.45) is 0. The molecule has 5 nitrogen and oxygen atoms in total. The third-order valence-corrected chi connectivity index (χ3v) is 5.25. The first-order chi connectivity index (χ1) is 13.7. The van der Waals surface area contributed by atoms with Gasteiger partial charge < -0.3 is 16.0 Å². The Morgan fingerprint density at radius 2 is 1.86 bits per heavy atom. The van der Waals surface area contributed by atoms with Crippen molar-refractivity contribution in [2.24, 2.45) is 0 Å². The second-order valence-electron chi connectivity index (χ2n) is 6.33. The SMILES string of the molecule is CCNC(=O)c1cccc(NC(=O)C[NH2+][C@@H](c2ccccc2)c2cccs2)c1. The number of benzene rings is 2. The van der Waals surface area contributed by atoms with Gasteiger partial charge in [-0.3, -0.25) is 9.59 Å². The third-order valence-electron chi connectivity index (χ3n) is 4.29. The number of anilines is 1. The lowest BCUT2D eigenvalue weighted by atomic mass is 10.1. The Balaban J connectivity index is 1.64. The fraction of sp³-hybridized carbons (Fsp3) is 0.182. The summed E-state index contributed by atoms with van der Waals surface area (Å²) in [6.45, 7) is 2.72. The van der Waals surface area contributed by atoms with E-state index in [1.54, 1.807) is 35.6 Å². The molecule has 0 unspecified atom stereocenters. The predicted octanol–water partition coefficient (Wildman–Crippen LogP) is 2.79. The molecule has 2 amide bonds. The van der Waals surface area contributed by atoms with Crippen molar-refractivity contribution in [2.75, 3.05) is 18.4 Å². The molecule has 1 atom stereocenters. The van der Waals surface area contributed by atoms with Gasteiger partial charge in [0, 0.05) is 23.4 Å². The van der Waals surface area contributed by atoms with E-state index in [0.29, 0.717) is 17.8 Å². The molecule has 1 heterocycles. The van der Waals surface area contributed by atoms with Gasteiger partial charge >= 0.3 is 0 Å². The van der Waals surface area contributed by atoms with E-state index in [1.165, 1.54) is 4.88 Å². The number of carbonyl (C=O) groups excluding carboxylic acids is 2. The fourth-order valence-corrected chi connectivity index (χ4v) is 3.83. The van der Waals surface area contributed by atoms with E-state index in [1.807, 2.05) is 41.9 Å². The second kappa shape index (κ2) is 9.82. The van der Waals surface area contributed by atoms with Gasteiger partial charge in [0.25, 0.3) is 11.8 Å². The molecule has 0 bridgehead atoms. The summed E-state index contributed by atoms with van der Waals surface area (Å²) < 4.78 is 0. The van der Waals surface area contributed by atoms with Crippen LogP contribution in [0.5, 0.6) is 0 Å². The summed E-state index contributed by atoms with van der Waals surface area (Å²) in [4.78, 5) is 25.6. The minimum atomic E-state index is -0.146. The van der Waals surface area contributed by atoms with Crippen molar-refractivity contribution in [3.05, 3.63) is 88.1 Å². The molecule has 1 aromatic heterocycles. The summed E-state index contributed by atoms with van der Waals surface area (Å²) in [5, 5.41) is 9.72. The summed E-state index contributed by atoms with van der Waals surface area (Å²) in [5.41, 5.74) is 2.31. The molecular weight excluding hydrogens is 370 g/mol. The highest BCUT2D eigenvalue weighted by Crippen LogP contribution is 2.22. The standard InChI is InChI=1S/C22H23N3O2S/c1-2-23-22(27)17-10-6-11-18(14-17)25-20(26)15-24-21(19-12-7-13-28-19)16-8-4-3-5-9-16/h3-14,21,24H,2,15H2,1H3,(H,23,27)(H,25,26)/p+1/t21-/m0/s1. The predicted molar refractivity (Wildman–Crippen MR) is 112 cm³/mol. The number of quaternary nitrogens is 1.